The molecule has 2 rings (SSSR count). The lowest BCUT2D eigenvalue weighted by Crippen LogP contribution is -2.68. The van der Waals surface area contributed by atoms with Crippen molar-refractivity contribution in [3.63, 3.8) is 0 Å². The highest BCUT2D eigenvalue weighted by molar-refractivity contribution is 5.79. The number of carbonyl (C=O) groups excluding carboxylic acids is 5. The molecule has 2 aliphatic heterocycles. The molecule has 240 valence electrons. The number of nitrogens with zero attached hydrogens (tertiary/aromatic N) is 1. The van der Waals surface area contributed by atoms with Crippen LogP contribution in [-0.2, 0) is 47.7 Å². The first kappa shape index (κ1) is 35.5. The predicted octanol–water partition coefficient (Wildman–Crippen LogP) is 4.19. The minimum atomic E-state index is -1.37. The van der Waals surface area contributed by atoms with Crippen molar-refractivity contribution in [1.82, 2.24) is 4.90 Å². The molecule has 0 N–H and O–H groups in total. The highest BCUT2D eigenvalue weighted by atomic mass is 16.7. The van der Waals surface area contributed by atoms with E-state index in [2.05, 4.69) is 0 Å². The molecule has 0 radical (unpaired) electrons. The first-order valence-corrected chi connectivity index (χ1v) is 14.7. The van der Waals surface area contributed by atoms with Gasteiger partial charge < -0.3 is 28.6 Å². The summed E-state index contributed by atoms with van der Waals surface area (Å²) >= 11 is 0. The van der Waals surface area contributed by atoms with Gasteiger partial charge in [0.15, 0.2) is 24.5 Å². The van der Waals surface area contributed by atoms with E-state index in [9.17, 15) is 24.0 Å². The van der Waals surface area contributed by atoms with Gasteiger partial charge in [0.2, 0.25) is 5.91 Å². The average molecular weight is 598 g/mol. The largest absolute Gasteiger partial charge is 0.462 e. The molecular weight excluding hydrogens is 546 g/mol. The van der Waals surface area contributed by atoms with Crippen LogP contribution in [0.1, 0.15) is 102 Å². The van der Waals surface area contributed by atoms with Gasteiger partial charge >= 0.3 is 23.9 Å². The minimum absolute atomic E-state index is 0.223. The Bertz CT molecular complexity index is 1020. The van der Waals surface area contributed by atoms with Gasteiger partial charge in [0.1, 0.15) is 12.7 Å². The summed E-state index contributed by atoms with van der Waals surface area (Å²) in [6.45, 7) is 20.0. The highest BCUT2D eigenvalue weighted by Crippen LogP contribution is 2.36. The van der Waals surface area contributed by atoms with Crippen molar-refractivity contribution in [2.45, 2.75) is 133 Å². The van der Waals surface area contributed by atoms with Crippen LogP contribution in [0.5, 0.6) is 0 Å². The van der Waals surface area contributed by atoms with Crippen LogP contribution in [0.3, 0.4) is 0 Å². The van der Waals surface area contributed by atoms with Crippen molar-refractivity contribution in [3.8, 4) is 0 Å². The average Bonchev–Trinajstić information content (AvgIpc) is 2.82. The highest BCUT2D eigenvalue weighted by Gasteiger charge is 2.56. The normalized spacial score (nSPS) is 25.9. The fraction of sp³-hybridized carbons (Fsp3) is 0.839. The molecule has 11 heteroatoms. The molecule has 5 atom stereocenters. The maximum Gasteiger partial charge on any atom is 0.311 e. The predicted molar refractivity (Wildman–Crippen MR) is 153 cm³/mol. The number of amides is 1. The molecule has 11 nitrogen and oxygen atoms in total. The van der Waals surface area contributed by atoms with Crippen LogP contribution < -0.4 is 0 Å². The number of likely N-dealkylation sites (tertiary alicyclic amines) is 1. The van der Waals surface area contributed by atoms with E-state index in [4.69, 9.17) is 23.7 Å². The zero-order valence-electron chi connectivity index (χ0n) is 27.5. The van der Waals surface area contributed by atoms with Gasteiger partial charge in [0, 0.05) is 13.0 Å². The Balaban J connectivity index is 2.71. The summed E-state index contributed by atoms with van der Waals surface area (Å²) in [6.07, 6.45) is -4.74. The third kappa shape index (κ3) is 9.15. The van der Waals surface area contributed by atoms with Crippen LogP contribution in [0.2, 0.25) is 0 Å². The number of esters is 4. The lowest BCUT2D eigenvalue weighted by atomic mass is 9.92. The van der Waals surface area contributed by atoms with E-state index in [0.29, 0.717) is 19.4 Å². The van der Waals surface area contributed by atoms with Crippen molar-refractivity contribution < 1.29 is 47.7 Å². The summed E-state index contributed by atoms with van der Waals surface area (Å²) in [5, 5.41) is 0. The smallest absolute Gasteiger partial charge is 0.311 e. The topological polar surface area (TPSA) is 135 Å². The fourth-order valence-corrected chi connectivity index (χ4v) is 4.05. The SMILES string of the molecule is CC(C)(C)C(=O)OC[C@H]1O[C@@H](N2CCCCC2=O)[C@H](OC(=O)C(C)(C)C)[C@@H](OC(=O)C(C)(C)C)[C@H]1OC(=O)C(C)(C)C. The maximum atomic E-state index is 13.3. The molecule has 42 heavy (non-hydrogen) atoms. The number of piperidine rings is 1. The third-order valence-electron chi connectivity index (χ3n) is 6.83. The summed E-state index contributed by atoms with van der Waals surface area (Å²) < 4.78 is 29.9. The van der Waals surface area contributed by atoms with Gasteiger partial charge in [-0.2, -0.15) is 0 Å². The first-order chi connectivity index (χ1) is 18.9. The molecule has 0 saturated carbocycles. The van der Waals surface area contributed by atoms with E-state index in [0.717, 1.165) is 0 Å². The van der Waals surface area contributed by atoms with Crippen molar-refractivity contribution in [1.29, 1.82) is 0 Å². The van der Waals surface area contributed by atoms with Gasteiger partial charge in [-0.25, -0.2) is 0 Å². The molecule has 0 aromatic carbocycles. The molecule has 0 aromatic heterocycles. The number of ether oxygens (including phenoxy) is 5. The van der Waals surface area contributed by atoms with Crippen LogP contribution in [0, 0.1) is 21.7 Å². The van der Waals surface area contributed by atoms with Gasteiger partial charge in [-0.05, 0) is 95.9 Å². The van der Waals surface area contributed by atoms with Crippen molar-refractivity contribution in [2.75, 3.05) is 13.2 Å². The summed E-state index contributed by atoms with van der Waals surface area (Å²) in [5.41, 5.74) is -3.72. The minimum Gasteiger partial charge on any atom is -0.462 e. The summed E-state index contributed by atoms with van der Waals surface area (Å²) in [7, 11) is 0. The molecule has 0 aliphatic carbocycles. The van der Waals surface area contributed by atoms with Gasteiger partial charge in [-0.1, -0.05) is 0 Å². The van der Waals surface area contributed by atoms with Gasteiger partial charge in [-0.3, -0.25) is 24.0 Å². The van der Waals surface area contributed by atoms with Gasteiger partial charge in [-0.15, -0.1) is 0 Å². The van der Waals surface area contributed by atoms with Crippen LogP contribution in [-0.4, -0.2) is 78.5 Å². The Hall–Kier alpha value is -2.69. The number of rotatable bonds is 6. The number of hydrogen-bond acceptors (Lipinski definition) is 10. The molecule has 2 saturated heterocycles. The third-order valence-corrected chi connectivity index (χ3v) is 6.83. The molecule has 0 unspecified atom stereocenters. The Kier molecular flexibility index (Phi) is 10.9. The van der Waals surface area contributed by atoms with Crippen LogP contribution in [0.15, 0.2) is 0 Å². The Labute approximate surface area is 250 Å². The lowest BCUT2D eigenvalue weighted by molar-refractivity contribution is -0.282. The number of carbonyl (C=O) groups is 5. The summed E-state index contributed by atoms with van der Waals surface area (Å²) in [5.74, 6) is -2.65. The second-order valence-electron chi connectivity index (χ2n) is 15.3. The van der Waals surface area contributed by atoms with Crippen molar-refractivity contribution in [3.05, 3.63) is 0 Å². The molecule has 0 spiro atoms. The molecule has 2 fully saturated rings. The van der Waals surface area contributed by atoms with E-state index in [1.54, 1.807) is 83.1 Å². The maximum absolute atomic E-state index is 13.3. The van der Waals surface area contributed by atoms with E-state index in [1.807, 2.05) is 0 Å². The summed E-state index contributed by atoms with van der Waals surface area (Å²) in [6, 6.07) is 0. The molecule has 2 heterocycles. The molecule has 0 bridgehead atoms. The van der Waals surface area contributed by atoms with Crippen LogP contribution in [0.4, 0.5) is 0 Å². The Morgan fingerprint density at radius 3 is 1.52 bits per heavy atom. The van der Waals surface area contributed by atoms with Crippen LogP contribution in [0.25, 0.3) is 0 Å². The fourth-order valence-electron chi connectivity index (χ4n) is 4.05. The second kappa shape index (κ2) is 12.9. The van der Waals surface area contributed by atoms with Crippen molar-refractivity contribution in [2.24, 2.45) is 21.7 Å². The molecular formula is C31H51NO10. The monoisotopic (exact) mass is 597 g/mol. The van der Waals surface area contributed by atoms with E-state index < -0.39 is 76.2 Å². The van der Waals surface area contributed by atoms with Crippen LogP contribution >= 0.6 is 0 Å². The zero-order chi connectivity index (χ0) is 32.4. The molecule has 2 aliphatic rings. The van der Waals surface area contributed by atoms with Crippen molar-refractivity contribution >= 4 is 29.8 Å². The van der Waals surface area contributed by atoms with Gasteiger partial charge in [0.05, 0.1) is 21.7 Å². The standard InChI is InChI=1S/C31H51NO10/c1-28(2,3)24(34)38-17-18-20(40-25(35)29(4,5)6)21(41-26(36)30(7,8)9)22(42-27(37)31(10,11)12)23(39-18)32-16-14-13-15-19(32)33/h18,20-23H,13-17H2,1-12H3/t18-,20+,21+,22-,23-/m1/s1. The summed E-state index contributed by atoms with van der Waals surface area (Å²) in [4.78, 5) is 67.2. The van der Waals surface area contributed by atoms with E-state index >= 15 is 0 Å². The van der Waals surface area contributed by atoms with E-state index in [1.165, 1.54) is 4.90 Å². The Morgan fingerprint density at radius 2 is 1.10 bits per heavy atom. The second-order valence-corrected chi connectivity index (χ2v) is 15.3. The first-order valence-electron chi connectivity index (χ1n) is 14.7. The lowest BCUT2D eigenvalue weighted by Gasteiger charge is -2.49. The molecule has 1 amide bonds. The number of hydrogen-bond donors (Lipinski definition) is 0. The Morgan fingerprint density at radius 1 is 0.667 bits per heavy atom. The quantitative estimate of drug-likeness (QED) is 0.324. The zero-order valence-corrected chi connectivity index (χ0v) is 27.5. The van der Waals surface area contributed by atoms with Gasteiger partial charge in [0.25, 0.3) is 0 Å². The molecule has 0 aromatic rings. The van der Waals surface area contributed by atoms with E-state index in [-0.39, 0.29) is 18.9 Å².